The Bertz CT molecular complexity index is 112. The molecule has 0 spiro atoms. The highest BCUT2D eigenvalue weighted by Crippen LogP contribution is 2.43. The summed E-state index contributed by atoms with van der Waals surface area (Å²) in [5, 5.41) is 0. The van der Waals surface area contributed by atoms with Gasteiger partial charge in [-0.2, -0.15) is 0 Å². The Balaban J connectivity index is 2.31. The maximum atomic E-state index is 10.4. The summed E-state index contributed by atoms with van der Waals surface area (Å²) < 4.78 is 20.8. The fourth-order valence-electron chi connectivity index (χ4n) is 1.01. The van der Waals surface area contributed by atoms with Gasteiger partial charge in [0.2, 0.25) is 0 Å². The lowest BCUT2D eigenvalue weighted by molar-refractivity contribution is 0.551. The van der Waals surface area contributed by atoms with Crippen LogP contribution in [0, 0.1) is 0 Å². The van der Waals surface area contributed by atoms with Crippen LogP contribution in [-0.2, 0) is 10.7 Å². The average Bonchev–Trinajstić information content (AvgIpc) is 1.90. The fraction of sp³-hybridized carbons (Fsp3) is 1.00. The minimum absolute atomic E-state index is 0.614. The van der Waals surface area contributed by atoms with Crippen LogP contribution in [0.4, 0.5) is 0 Å². The van der Waals surface area contributed by atoms with Gasteiger partial charge >= 0.3 is 0 Å². The minimum atomic E-state index is -1.74. The van der Waals surface area contributed by atoms with Crippen molar-refractivity contribution in [3.8, 4) is 0 Å². The molecule has 4 heteroatoms. The van der Waals surface area contributed by atoms with Crippen LogP contribution in [0.5, 0.6) is 0 Å². The summed E-state index contributed by atoms with van der Waals surface area (Å²) in [5.74, 6) is 0. The first-order valence-corrected chi connectivity index (χ1v) is 6.54. The van der Waals surface area contributed by atoms with Gasteiger partial charge in [-0.05, 0) is 43.0 Å². The summed E-state index contributed by atoms with van der Waals surface area (Å²) in [6.07, 6.45) is 5.38. The Morgan fingerprint density at radius 1 is 1.22 bits per heavy atom. The van der Waals surface area contributed by atoms with Gasteiger partial charge < -0.3 is 4.55 Å². The number of rotatable bonds is 1. The fourth-order valence-corrected chi connectivity index (χ4v) is 4.36. The van der Waals surface area contributed by atoms with Gasteiger partial charge in [0.05, 0.1) is 0 Å². The van der Waals surface area contributed by atoms with E-state index in [2.05, 4.69) is 0 Å². The van der Waals surface area contributed by atoms with Crippen LogP contribution in [0.15, 0.2) is 0 Å². The van der Waals surface area contributed by atoms with Crippen LogP contribution in [0.1, 0.15) is 19.3 Å². The van der Waals surface area contributed by atoms with E-state index in [9.17, 15) is 8.76 Å². The molecule has 1 fully saturated rings. The van der Waals surface area contributed by atoms with E-state index in [-0.39, 0.29) is 0 Å². The Hall–Kier alpha value is 0.540. The number of hydrogen-bond donors (Lipinski definition) is 0. The zero-order valence-corrected chi connectivity index (χ0v) is 6.92. The third-order valence-electron chi connectivity index (χ3n) is 1.53. The van der Waals surface area contributed by atoms with E-state index in [0.717, 1.165) is 25.2 Å². The smallest absolute Gasteiger partial charge is 0.0220 e. The van der Waals surface area contributed by atoms with E-state index in [1.807, 2.05) is 0 Å². The van der Waals surface area contributed by atoms with E-state index >= 15 is 0 Å². The highest BCUT2D eigenvalue weighted by molar-refractivity contribution is 8.43. The lowest BCUT2D eigenvalue weighted by Gasteiger charge is -2.23. The van der Waals surface area contributed by atoms with E-state index < -0.39 is 17.8 Å². The largest absolute Gasteiger partial charge is 0.769 e. The van der Waals surface area contributed by atoms with Crippen LogP contribution in [0.3, 0.4) is 0 Å². The van der Waals surface area contributed by atoms with Gasteiger partial charge in [0, 0.05) is 0 Å². The quantitative estimate of drug-likeness (QED) is 0.435. The van der Waals surface area contributed by atoms with Crippen molar-refractivity contribution in [2.24, 2.45) is 0 Å². The normalized spacial score (nSPS) is 25.9. The van der Waals surface area contributed by atoms with Gasteiger partial charge in [-0.1, -0.05) is 6.42 Å². The van der Waals surface area contributed by atoms with Gasteiger partial charge in [-0.15, -0.1) is 0 Å². The summed E-state index contributed by atoms with van der Waals surface area (Å²) in [5.41, 5.74) is 0. The molecule has 0 aromatic carbocycles. The predicted octanol–water partition coefficient (Wildman–Crippen LogP) is 1.45. The second-order valence-electron chi connectivity index (χ2n) is 2.21. The number of hydrogen-bond acceptors (Lipinski definition) is 2. The van der Waals surface area contributed by atoms with Crippen LogP contribution >= 0.6 is 7.12 Å². The lowest BCUT2D eigenvalue weighted by atomic mass is 10.3. The van der Waals surface area contributed by atoms with Crippen molar-refractivity contribution in [2.45, 2.75) is 19.3 Å². The first-order valence-electron chi connectivity index (χ1n) is 3.15. The van der Waals surface area contributed by atoms with Gasteiger partial charge in [-0.3, -0.25) is 4.21 Å². The zero-order chi connectivity index (χ0) is 6.69. The second kappa shape index (κ2) is 3.65. The molecule has 1 rings (SSSR count). The zero-order valence-electron chi connectivity index (χ0n) is 5.21. The SMILES string of the molecule is O=S([O-])P1CCCCC1. The molecule has 0 saturated carbocycles. The summed E-state index contributed by atoms with van der Waals surface area (Å²) in [6, 6.07) is 0. The van der Waals surface area contributed by atoms with Crippen molar-refractivity contribution in [1.82, 2.24) is 0 Å². The molecule has 0 N–H and O–H groups in total. The molecule has 0 amide bonds. The molecule has 2 nitrogen and oxygen atoms in total. The molecule has 9 heavy (non-hydrogen) atoms. The van der Waals surface area contributed by atoms with Crippen LogP contribution in [-0.4, -0.2) is 21.1 Å². The van der Waals surface area contributed by atoms with Crippen molar-refractivity contribution in [2.75, 3.05) is 12.3 Å². The Kier molecular flexibility index (Phi) is 3.10. The Morgan fingerprint density at radius 3 is 2.11 bits per heavy atom. The van der Waals surface area contributed by atoms with Crippen molar-refractivity contribution in [1.29, 1.82) is 0 Å². The third-order valence-corrected chi connectivity index (χ3v) is 5.94. The molecule has 0 aliphatic carbocycles. The predicted molar refractivity (Wildman–Crippen MR) is 39.4 cm³/mol. The van der Waals surface area contributed by atoms with E-state index in [1.54, 1.807) is 0 Å². The van der Waals surface area contributed by atoms with Crippen LogP contribution in [0.2, 0.25) is 0 Å². The molecule has 1 aliphatic rings. The van der Waals surface area contributed by atoms with E-state index in [0.29, 0.717) is 0 Å². The van der Waals surface area contributed by atoms with Crippen molar-refractivity contribution < 1.29 is 8.76 Å². The van der Waals surface area contributed by atoms with E-state index in [1.165, 1.54) is 6.42 Å². The van der Waals surface area contributed by atoms with Gasteiger partial charge in [-0.25, -0.2) is 0 Å². The molecule has 0 bridgehead atoms. The molecule has 0 aromatic rings. The molecule has 1 unspecified atom stereocenters. The second-order valence-corrected chi connectivity index (χ2v) is 6.94. The average molecular weight is 165 g/mol. The maximum Gasteiger partial charge on any atom is -0.0220 e. The Labute approximate surface area is 58.8 Å². The summed E-state index contributed by atoms with van der Waals surface area (Å²) in [6.45, 7) is 0. The molecule has 1 atom stereocenters. The van der Waals surface area contributed by atoms with Gasteiger partial charge in [0.1, 0.15) is 0 Å². The van der Waals surface area contributed by atoms with Gasteiger partial charge in [0.25, 0.3) is 0 Å². The molecule has 1 aliphatic heterocycles. The topological polar surface area (TPSA) is 40.1 Å². The molecule has 1 saturated heterocycles. The molecular formula is C5H10O2PS-. The molecule has 0 aromatic heterocycles. The monoisotopic (exact) mass is 165 g/mol. The van der Waals surface area contributed by atoms with Crippen molar-refractivity contribution in [3.05, 3.63) is 0 Å². The molecular weight excluding hydrogens is 155 g/mol. The highest BCUT2D eigenvalue weighted by atomic mass is 32.8. The molecule has 54 valence electrons. The van der Waals surface area contributed by atoms with Gasteiger partial charge in [0.15, 0.2) is 0 Å². The standard InChI is InChI=1S/C5H11O2PS/c6-9(7)8-4-2-1-3-5-8/h1-5H2,(H,6,7)/p-1. The molecule has 1 heterocycles. The first-order chi connectivity index (χ1) is 4.30. The third kappa shape index (κ3) is 2.32. The lowest BCUT2D eigenvalue weighted by Crippen LogP contribution is -2.02. The molecule has 0 radical (unpaired) electrons. The van der Waals surface area contributed by atoms with Crippen LogP contribution in [0.25, 0.3) is 0 Å². The van der Waals surface area contributed by atoms with Crippen molar-refractivity contribution >= 4 is 17.8 Å². The summed E-state index contributed by atoms with van der Waals surface area (Å²) in [7, 11) is -2.35. The summed E-state index contributed by atoms with van der Waals surface area (Å²) >= 11 is 0. The minimum Gasteiger partial charge on any atom is -0.769 e. The summed E-state index contributed by atoms with van der Waals surface area (Å²) in [4.78, 5) is 0. The maximum absolute atomic E-state index is 10.4. The van der Waals surface area contributed by atoms with Crippen LogP contribution < -0.4 is 0 Å². The Morgan fingerprint density at radius 2 is 1.78 bits per heavy atom. The van der Waals surface area contributed by atoms with Crippen molar-refractivity contribution in [3.63, 3.8) is 0 Å². The van der Waals surface area contributed by atoms with E-state index in [4.69, 9.17) is 0 Å². The first kappa shape index (κ1) is 7.64. The highest BCUT2D eigenvalue weighted by Gasteiger charge is 2.12.